The highest BCUT2D eigenvalue weighted by Crippen LogP contribution is 1.79. The van der Waals surface area contributed by atoms with E-state index in [0.29, 0.717) is 0 Å². The van der Waals surface area contributed by atoms with Crippen LogP contribution in [0, 0.1) is 18.3 Å². The first-order valence-electron chi connectivity index (χ1n) is 2.66. The molecule has 0 saturated carbocycles. The molecule has 0 aliphatic rings. The SMILES string of the molecule is CC#N.Cc1cc(=O)o[nH]1. The summed E-state index contributed by atoms with van der Waals surface area (Å²) in [6, 6.07) is 3.14. The molecule has 0 atom stereocenters. The minimum atomic E-state index is -0.322. The molecule has 0 aliphatic heterocycles. The zero-order valence-corrected chi connectivity index (χ0v) is 5.84. The lowest BCUT2D eigenvalue weighted by Crippen LogP contribution is -1.84. The molecular weight excluding hydrogens is 132 g/mol. The van der Waals surface area contributed by atoms with E-state index in [1.165, 1.54) is 13.0 Å². The lowest BCUT2D eigenvalue weighted by molar-refractivity contribution is 0.387. The second kappa shape index (κ2) is 4.39. The lowest BCUT2D eigenvalue weighted by Gasteiger charge is -1.66. The monoisotopic (exact) mass is 140 g/mol. The summed E-state index contributed by atoms with van der Waals surface area (Å²) in [5, 5.41) is 9.70. The second-order valence-corrected chi connectivity index (χ2v) is 1.57. The van der Waals surface area contributed by atoms with Gasteiger partial charge in [-0.25, -0.2) is 9.95 Å². The van der Waals surface area contributed by atoms with Gasteiger partial charge in [-0.2, -0.15) is 5.26 Å². The third-order valence-electron chi connectivity index (χ3n) is 0.647. The van der Waals surface area contributed by atoms with Gasteiger partial charge in [-0.15, -0.1) is 0 Å². The van der Waals surface area contributed by atoms with E-state index in [-0.39, 0.29) is 5.63 Å². The quantitative estimate of drug-likeness (QED) is 0.579. The van der Waals surface area contributed by atoms with Gasteiger partial charge >= 0.3 is 5.63 Å². The average Bonchev–Trinajstić information content (AvgIpc) is 2.17. The number of nitrogens with zero attached hydrogens (tertiary/aromatic N) is 1. The molecule has 4 nitrogen and oxygen atoms in total. The minimum Gasteiger partial charge on any atom is -0.339 e. The first-order valence-corrected chi connectivity index (χ1v) is 2.66. The predicted molar refractivity (Wildman–Crippen MR) is 35.4 cm³/mol. The van der Waals surface area contributed by atoms with Gasteiger partial charge in [0, 0.05) is 13.0 Å². The van der Waals surface area contributed by atoms with Gasteiger partial charge in [0.25, 0.3) is 0 Å². The molecule has 0 bridgehead atoms. The highest BCUT2D eigenvalue weighted by Gasteiger charge is 1.85. The van der Waals surface area contributed by atoms with Crippen molar-refractivity contribution < 1.29 is 4.52 Å². The Kier molecular flexibility index (Phi) is 3.73. The molecule has 0 radical (unpaired) electrons. The summed E-state index contributed by atoms with van der Waals surface area (Å²) in [6.45, 7) is 3.19. The number of rotatable bonds is 0. The Labute approximate surface area is 58.1 Å². The molecule has 0 aromatic carbocycles. The van der Waals surface area contributed by atoms with Crippen LogP contribution in [0.3, 0.4) is 0 Å². The van der Waals surface area contributed by atoms with E-state index < -0.39 is 0 Å². The maximum atomic E-state index is 10.1. The Morgan fingerprint density at radius 1 is 1.80 bits per heavy atom. The van der Waals surface area contributed by atoms with Crippen molar-refractivity contribution in [3.8, 4) is 6.07 Å². The fraction of sp³-hybridized carbons (Fsp3) is 0.333. The highest BCUT2D eigenvalue weighted by molar-refractivity contribution is 4.90. The van der Waals surface area contributed by atoms with Crippen LogP contribution in [0.5, 0.6) is 0 Å². The molecule has 0 aliphatic carbocycles. The molecular formula is C6H8N2O2. The molecule has 1 N–H and O–H groups in total. The largest absolute Gasteiger partial charge is 0.357 e. The molecule has 0 amide bonds. The van der Waals surface area contributed by atoms with Crippen molar-refractivity contribution in [1.29, 1.82) is 5.26 Å². The zero-order valence-electron chi connectivity index (χ0n) is 5.84. The molecule has 4 heteroatoms. The maximum Gasteiger partial charge on any atom is 0.357 e. The van der Waals surface area contributed by atoms with Crippen LogP contribution in [-0.4, -0.2) is 5.16 Å². The van der Waals surface area contributed by atoms with Gasteiger partial charge in [-0.05, 0) is 6.92 Å². The van der Waals surface area contributed by atoms with Crippen molar-refractivity contribution >= 4 is 0 Å². The fourth-order valence-electron chi connectivity index (χ4n) is 0.366. The third kappa shape index (κ3) is 3.50. The van der Waals surface area contributed by atoms with Crippen LogP contribution in [0.1, 0.15) is 12.6 Å². The summed E-state index contributed by atoms with van der Waals surface area (Å²) in [5.41, 5.74) is 0.433. The minimum absolute atomic E-state index is 0.322. The zero-order chi connectivity index (χ0) is 7.98. The van der Waals surface area contributed by atoms with Gasteiger partial charge in [0.05, 0.1) is 11.8 Å². The van der Waals surface area contributed by atoms with Crippen molar-refractivity contribution in [2.75, 3.05) is 0 Å². The number of H-pyrrole nitrogens is 1. The topological polar surface area (TPSA) is 69.8 Å². The Morgan fingerprint density at radius 2 is 2.30 bits per heavy atom. The number of hydrogen-bond donors (Lipinski definition) is 1. The average molecular weight is 140 g/mol. The standard InChI is InChI=1S/C4H5NO2.C2H3N/c1-3-2-4(6)7-5-3;1-2-3/h2,5H,1H3;1H3. The number of nitriles is 1. The summed E-state index contributed by atoms with van der Waals surface area (Å²) in [7, 11) is 0. The van der Waals surface area contributed by atoms with Gasteiger partial charge < -0.3 is 4.52 Å². The number of hydrogen-bond acceptors (Lipinski definition) is 3. The van der Waals surface area contributed by atoms with Crippen LogP contribution < -0.4 is 5.63 Å². The first-order chi connectivity index (χ1) is 4.70. The molecule has 1 heterocycles. The van der Waals surface area contributed by atoms with E-state index in [9.17, 15) is 4.79 Å². The third-order valence-corrected chi connectivity index (χ3v) is 0.647. The van der Waals surface area contributed by atoms with Crippen LogP contribution in [0.4, 0.5) is 0 Å². The maximum absolute atomic E-state index is 10.1. The Morgan fingerprint density at radius 3 is 2.40 bits per heavy atom. The van der Waals surface area contributed by atoms with Crippen molar-refractivity contribution in [3.63, 3.8) is 0 Å². The van der Waals surface area contributed by atoms with Gasteiger partial charge in [0.2, 0.25) is 0 Å². The van der Waals surface area contributed by atoms with E-state index in [1.807, 2.05) is 0 Å². The van der Waals surface area contributed by atoms with Gasteiger partial charge in [0.1, 0.15) is 0 Å². The molecule has 0 spiro atoms. The second-order valence-electron chi connectivity index (χ2n) is 1.57. The summed E-state index contributed by atoms with van der Waals surface area (Å²) in [5.74, 6) is 0. The van der Waals surface area contributed by atoms with Crippen molar-refractivity contribution in [1.82, 2.24) is 5.16 Å². The summed E-state index contributed by atoms with van der Waals surface area (Å²) >= 11 is 0. The van der Waals surface area contributed by atoms with Crippen molar-refractivity contribution in [2.24, 2.45) is 0 Å². The Bertz CT molecular complexity index is 266. The number of nitrogens with one attached hydrogen (secondary N) is 1. The van der Waals surface area contributed by atoms with E-state index in [4.69, 9.17) is 5.26 Å². The molecule has 0 saturated heterocycles. The van der Waals surface area contributed by atoms with Gasteiger partial charge in [-0.1, -0.05) is 0 Å². The smallest absolute Gasteiger partial charge is 0.339 e. The summed E-state index contributed by atoms with van der Waals surface area (Å²) in [6.07, 6.45) is 0. The van der Waals surface area contributed by atoms with Crippen LogP contribution >= 0.6 is 0 Å². The summed E-state index contributed by atoms with van der Waals surface area (Å²) in [4.78, 5) is 10.1. The summed E-state index contributed by atoms with van der Waals surface area (Å²) < 4.78 is 4.28. The van der Waals surface area contributed by atoms with Crippen LogP contribution in [0.15, 0.2) is 15.4 Å². The lowest BCUT2D eigenvalue weighted by atomic mass is 10.5. The molecule has 1 aromatic rings. The van der Waals surface area contributed by atoms with Crippen LogP contribution in [-0.2, 0) is 0 Å². The highest BCUT2D eigenvalue weighted by atomic mass is 16.5. The predicted octanol–water partition coefficient (Wildman–Crippen LogP) is 0.806. The van der Waals surface area contributed by atoms with E-state index in [2.05, 4.69) is 9.68 Å². The van der Waals surface area contributed by atoms with Gasteiger partial charge in [0.15, 0.2) is 0 Å². The molecule has 10 heavy (non-hydrogen) atoms. The first kappa shape index (κ1) is 8.50. The number of aryl methyl sites for hydroxylation is 1. The molecule has 1 rings (SSSR count). The Balaban J connectivity index is 0.000000236. The van der Waals surface area contributed by atoms with Crippen molar-refractivity contribution in [3.05, 3.63) is 22.2 Å². The Hall–Kier alpha value is -1.50. The number of aromatic amines is 1. The van der Waals surface area contributed by atoms with Crippen molar-refractivity contribution in [2.45, 2.75) is 13.8 Å². The molecule has 54 valence electrons. The van der Waals surface area contributed by atoms with Gasteiger partial charge in [-0.3, -0.25) is 0 Å². The van der Waals surface area contributed by atoms with E-state index >= 15 is 0 Å². The number of aromatic nitrogens is 1. The molecule has 0 unspecified atom stereocenters. The molecule has 1 aromatic heterocycles. The van der Waals surface area contributed by atoms with E-state index in [1.54, 1.807) is 13.0 Å². The van der Waals surface area contributed by atoms with Crippen LogP contribution in [0.25, 0.3) is 0 Å². The van der Waals surface area contributed by atoms with E-state index in [0.717, 1.165) is 5.69 Å². The fourth-order valence-corrected chi connectivity index (χ4v) is 0.366. The molecule has 0 fully saturated rings. The van der Waals surface area contributed by atoms with Crippen LogP contribution in [0.2, 0.25) is 0 Å². The normalized spacial score (nSPS) is 7.30.